The highest BCUT2D eigenvalue weighted by atomic mass is 16.6. The SMILES string of the molecule is CC=C(OC1CC(C)(C)NC(C)(C)C1)C(=O)OC. The predicted octanol–water partition coefficient (Wildman–Crippen LogP) is 2.39. The number of ether oxygens (including phenoxy) is 2. The van der Waals surface area contributed by atoms with E-state index in [0.29, 0.717) is 5.76 Å². The smallest absolute Gasteiger partial charge is 0.372 e. The molecule has 0 unspecified atom stereocenters. The predicted molar refractivity (Wildman–Crippen MR) is 71.2 cm³/mol. The molecule has 0 spiro atoms. The number of methoxy groups -OCH3 is 1. The van der Waals surface area contributed by atoms with Crippen LogP contribution in [0.5, 0.6) is 0 Å². The third-order valence-corrected chi connectivity index (χ3v) is 3.10. The van der Waals surface area contributed by atoms with Crippen LogP contribution in [0.1, 0.15) is 47.5 Å². The van der Waals surface area contributed by atoms with Crippen molar-refractivity contribution in [1.29, 1.82) is 0 Å². The molecule has 1 fully saturated rings. The van der Waals surface area contributed by atoms with Gasteiger partial charge >= 0.3 is 5.97 Å². The third kappa shape index (κ3) is 4.02. The highest BCUT2D eigenvalue weighted by Gasteiger charge is 2.39. The Kier molecular flexibility index (Phi) is 4.43. The number of hydrogen-bond acceptors (Lipinski definition) is 4. The highest BCUT2D eigenvalue weighted by molar-refractivity contribution is 5.86. The number of esters is 1. The van der Waals surface area contributed by atoms with Gasteiger partial charge in [-0.05, 0) is 40.7 Å². The van der Waals surface area contributed by atoms with Crippen molar-refractivity contribution in [2.75, 3.05) is 7.11 Å². The zero-order chi connectivity index (χ0) is 14.0. The van der Waals surface area contributed by atoms with Crippen LogP contribution in [0.3, 0.4) is 0 Å². The second kappa shape index (κ2) is 5.31. The number of carbonyl (C=O) groups is 1. The lowest BCUT2D eigenvalue weighted by Gasteiger charge is -2.46. The first-order valence-electron chi connectivity index (χ1n) is 6.40. The lowest BCUT2D eigenvalue weighted by atomic mass is 9.81. The Bertz CT molecular complexity index is 329. The molecule has 0 aromatic carbocycles. The van der Waals surface area contributed by atoms with Gasteiger partial charge in [0.25, 0.3) is 0 Å². The van der Waals surface area contributed by atoms with Crippen LogP contribution in [0.15, 0.2) is 11.8 Å². The first kappa shape index (κ1) is 15.0. The summed E-state index contributed by atoms with van der Waals surface area (Å²) in [5.74, 6) is -0.109. The van der Waals surface area contributed by atoms with Crippen LogP contribution in [-0.4, -0.2) is 30.3 Å². The molecule has 104 valence electrons. The number of allylic oxidation sites excluding steroid dienone is 1. The monoisotopic (exact) mass is 255 g/mol. The molecular weight excluding hydrogens is 230 g/mol. The summed E-state index contributed by atoms with van der Waals surface area (Å²) in [5, 5.41) is 3.58. The third-order valence-electron chi connectivity index (χ3n) is 3.10. The lowest BCUT2D eigenvalue weighted by Crippen LogP contribution is -2.59. The van der Waals surface area contributed by atoms with Crippen LogP contribution < -0.4 is 5.32 Å². The maximum absolute atomic E-state index is 11.5. The Morgan fingerprint density at radius 2 is 1.72 bits per heavy atom. The number of piperidine rings is 1. The van der Waals surface area contributed by atoms with E-state index in [1.807, 2.05) is 0 Å². The molecule has 1 heterocycles. The summed E-state index contributed by atoms with van der Waals surface area (Å²) >= 11 is 0. The van der Waals surface area contributed by atoms with Crippen molar-refractivity contribution in [1.82, 2.24) is 5.32 Å². The Labute approximate surface area is 110 Å². The van der Waals surface area contributed by atoms with Gasteiger partial charge in [0.15, 0.2) is 0 Å². The van der Waals surface area contributed by atoms with E-state index in [9.17, 15) is 4.79 Å². The molecule has 0 aliphatic carbocycles. The lowest BCUT2D eigenvalue weighted by molar-refractivity contribution is -0.142. The summed E-state index contributed by atoms with van der Waals surface area (Å²) in [6.07, 6.45) is 3.42. The van der Waals surface area contributed by atoms with Crippen molar-refractivity contribution < 1.29 is 14.3 Å². The fourth-order valence-electron chi connectivity index (χ4n) is 2.83. The zero-order valence-electron chi connectivity index (χ0n) is 12.3. The normalized spacial score (nSPS) is 23.6. The molecule has 0 aromatic heterocycles. The van der Waals surface area contributed by atoms with Gasteiger partial charge in [-0.3, -0.25) is 0 Å². The van der Waals surface area contributed by atoms with Gasteiger partial charge in [-0.2, -0.15) is 0 Å². The van der Waals surface area contributed by atoms with Crippen molar-refractivity contribution in [3.05, 3.63) is 11.8 Å². The van der Waals surface area contributed by atoms with E-state index in [1.54, 1.807) is 13.0 Å². The van der Waals surface area contributed by atoms with Crippen molar-refractivity contribution in [3.8, 4) is 0 Å². The minimum Gasteiger partial charge on any atom is -0.483 e. The molecule has 4 heteroatoms. The Morgan fingerprint density at radius 3 is 2.11 bits per heavy atom. The fourth-order valence-corrected chi connectivity index (χ4v) is 2.83. The fraction of sp³-hybridized carbons (Fsp3) is 0.786. The van der Waals surface area contributed by atoms with Crippen LogP contribution in [0.25, 0.3) is 0 Å². The Balaban J connectivity index is 2.75. The number of hydrogen-bond donors (Lipinski definition) is 1. The first-order chi connectivity index (χ1) is 8.19. The van der Waals surface area contributed by atoms with E-state index in [1.165, 1.54) is 7.11 Å². The minimum atomic E-state index is -0.411. The molecule has 0 radical (unpaired) electrons. The molecule has 0 aromatic rings. The molecule has 0 bridgehead atoms. The van der Waals surface area contributed by atoms with Gasteiger partial charge < -0.3 is 14.8 Å². The highest BCUT2D eigenvalue weighted by Crippen LogP contribution is 2.31. The molecular formula is C14H25NO3. The van der Waals surface area contributed by atoms with E-state index < -0.39 is 5.97 Å². The van der Waals surface area contributed by atoms with E-state index in [2.05, 4.69) is 33.0 Å². The van der Waals surface area contributed by atoms with Gasteiger partial charge in [0, 0.05) is 23.9 Å². The molecule has 1 saturated heterocycles. The molecule has 1 rings (SSSR count). The van der Waals surface area contributed by atoms with E-state index in [-0.39, 0.29) is 17.2 Å². The van der Waals surface area contributed by atoms with Gasteiger partial charge in [-0.15, -0.1) is 0 Å². The second-order valence-corrected chi connectivity index (χ2v) is 6.19. The van der Waals surface area contributed by atoms with Crippen LogP contribution in [0, 0.1) is 0 Å². The largest absolute Gasteiger partial charge is 0.483 e. The van der Waals surface area contributed by atoms with Crippen LogP contribution in [-0.2, 0) is 14.3 Å². The van der Waals surface area contributed by atoms with Crippen molar-refractivity contribution in [3.63, 3.8) is 0 Å². The quantitative estimate of drug-likeness (QED) is 0.478. The van der Waals surface area contributed by atoms with Crippen molar-refractivity contribution in [2.24, 2.45) is 0 Å². The molecule has 1 aliphatic rings. The van der Waals surface area contributed by atoms with E-state index in [0.717, 1.165) is 12.8 Å². The maximum Gasteiger partial charge on any atom is 0.372 e. The number of rotatable bonds is 3. The standard InChI is InChI=1S/C14H25NO3/c1-7-11(12(16)17-6)18-10-8-13(2,3)15-14(4,5)9-10/h7,10,15H,8-9H2,1-6H3. The summed E-state index contributed by atoms with van der Waals surface area (Å²) < 4.78 is 10.5. The van der Waals surface area contributed by atoms with Crippen molar-refractivity contribution >= 4 is 5.97 Å². The van der Waals surface area contributed by atoms with Crippen molar-refractivity contribution in [2.45, 2.75) is 64.6 Å². The molecule has 1 aliphatic heterocycles. The van der Waals surface area contributed by atoms with Crippen LogP contribution in [0.4, 0.5) is 0 Å². The van der Waals surface area contributed by atoms with Gasteiger partial charge in [0.05, 0.1) is 7.11 Å². The van der Waals surface area contributed by atoms with Gasteiger partial charge in [-0.25, -0.2) is 4.79 Å². The average molecular weight is 255 g/mol. The zero-order valence-corrected chi connectivity index (χ0v) is 12.3. The summed E-state index contributed by atoms with van der Waals surface area (Å²) in [4.78, 5) is 11.5. The summed E-state index contributed by atoms with van der Waals surface area (Å²) in [5.41, 5.74) is 0.00275. The number of nitrogens with one attached hydrogen (secondary N) is 1. The van der Waals surface area contributed by atoms with Crippen LogP contribution >= 0.6 is 0 Å². The molecule has 1 N–H and O–H groups in total. The second-order valence-electron chi connectivity index (χ2n) is 6.19. The molecule has 0 amide bonds. The Hall–Kier alpha value is -1.03. The number of carbonyl (C=O) groups excluding carboxylic acids is 1. The molecule has 18 heavy (non-hydrogen) atoms. The van der Waals surface area contributed by atoms with E-state index >= 15 is 0 Å². The van der Waals surface area contributed by atoms with Crippen LogP contribution in [0.2, 0.25) is 0 Å². The Morgan fingerprint density at radius 1 is 1.22 bits per heavy atom. The molecule has 0 atom stereocenters. The van der Waals surface area contributed by atoms with E-state index in [4.69, 9.17) is 9.47 Å². The molecule has 4 nitrogen and oxygen atoms in total. The van der Waals surface area contributed by atoms with Gasteiger partial charge in [0.2, 0.25) is 5.76 Å². The molecule has 0 saturated carbocycles. The van der Waals surface area contributed by atoms with Gasteiger partial charge in [0.1, 0.15) is 6.10 Å². The summed E-state index contributed by atoms with van der Waals surface area (Å²) in [6, 6.07) is 0. The average Bonchev–Trinajstić information content (AvgIpc) is 2.20. The minimum absolute atomic E-state index is 0.00138. The first-order valence-corrected chi connectivity index (χ1v) is 6.40. The topological polar surface area (TPSA) is 47.6 Å². The van der Waals surface area contributed by atoms with Gasteiger partial charge in [-0.1, -0.05) is 0 Å². The summed E-state index contributed by atoms with van der Waals surface area (Å²) in [7, 11) is 1.37. The summed E-state index contributed by atoms with van der Waals surface area (Å²) in [6.45, 7) is 10.4. The maximum atomic E-state index is 11.5.